The van der Waals surface area contributed by atoms with Crippen molar-refractivity contribution in [3.63, 3.8) is 0 Å². The van der Waals surface area contributed by atoms with Crippen molar-refractivity contribution < 1.29 is 18.1 Å². The van der Waals surface area contributed by atoms with Gasteiger partial charge in [0.1, 0.15) is 11.4 Å². The average molecular weight is 389 g/mol. The lowest BCUT2D eigenvalue weighted by Gasteiger charge is -2.38. The second kappa shape index (κ2) is 6.32. The number of carbonyl (C=O) groups excluding carboxylic acids is 1. The van der Waals surface area contributed by atoms with Crippen molar-refractivity contribution in [1.82, 2.24) is 19.9 Å². The minimum absolute atomic E-state index is 0.105. The maximum Gasteiger partial charge on any atom is 0.252 e. The van der Waals surface area contributed by atoms with Crippen molar-refractivity contribution in [1.29, 1.82) is 0 Å². The summed E-state index contributed by atoms with van der Waals surface area (Å²) >= 11 is 0. The molecule has 1 N–H and O–H groups in total. The molecule has 0 radical (unpaired) electrons. The van der Waals surface area contributed by atoms with Crippen LogP contribution in [0.5, 0.6) is 0 Å². The fraction of sp³-hybridized carbons (Fsp3) is 0.412. The number of sulfonamides is 1. The molecule has 0 aliphatic carbocycles. The highest BCUT2D eigenvalue weighted by Gasteiger charge is 2.53. The number of nitrogens with zero attached hydrogens (tertiary/aromatic N) is 4. The third-order valence-corrected chi connectivity index (χ3v) is 7.35. The third kappa shape index (κ3) is 2.71. The largest absolute Gasteiger partial charge is 0.593 e. The standard InChI is InChI=1S/C17H19N5O4S/c1-11-14(12(2)26-21-11)27(24,25)22-9-6-17(7-10-22)15(19-20-16(17)23)13-5-3-4-8-18-13/h3-5,8H,6-7,9-10H2,1-2H3,(H-,18,20,23,24,25). The van der Waals surface area contributed by atoms with Crippen molar-refractivity contribution in [3.05, 3.63) is 41.5 Å². The molecule has 1 amide bonds. The Kier molecular flexibility index (Phi) is 4.21. The van der Waals surface area contributed by atoms with Gasteiger partial charge in [-0.1, -0.05) is 15.4 Å². The topological polar surface area (TPSA) is 124 Å². The Morgan fingerprint density at radius 3 is 2.63 bits per heavy atom. The molecule has 4 rings (SSSR count). The second-order valence-electron chi connectivity index (χ2n) is 6.76. The van der Waals surface area contributed by atoms with E-state index in [1.54, 1.807) is 32.2 Å². The van der Waals surface area contributed by atoms with Gasteiger partial charge in [0.25, 0.3) is 5.91 Å². The Balaban J connectivity index is 1.60. The number of amides is 1. The summed E-state index contributed by atoms with van der Waals surface area (Å²) in [5, 5.41) is 7.93. The SMILES string of the molecule is Cc1noc(C)c1[S+](=O)([O-])N1CCC2(CC1)C(=O)NN=C2c1ccccn1. The van der Waals surface area contributed by atoms with Crippen molar-refractivity contribution >= 4 is 22.0 Å². The van der Waals surface area contributed by atoms with E-state index in [0.717, 1.165) is 0 Å². The first-order valence-electron chi connectivity index (χ1n) is 8.59. The normalized spacial score (nSPS) is 21.7. The molecule has 2 aliphatic rings. The molecule has 1 spiro atoms. The van der Waals surface area contributed by atoms with E-state index in [4.69, 9.17) is 4.52 Å². The Bertz CT molecular complexity index is 943. The summed E-state index contributed by atoms with van der Waals surface area (Å²) in [4.78, 5) is 17.0. The monoisotopic (exact) mass is 389 g/mol. The summed E-state index contributed by atoms with van der Waals surface area (Å²) in [7, 11) is -3.74. The summed E-state index contributed by atoms with van der Waals surface area (Å²) in [6, 6.07) is 5.42. The zero-order chi connectivity index (χ0) is 19.2. The van der Waals surface area contributed by atoms with Crippen LogP contribution in [0.25, 0.3) is 0 Å². The predicted molar refractivity (Wildman–Crippen MR) is 95.2 cm³/mol. The van der Waals surface area contributed by atoms with Gasteiger partial charge < -0.3 is 9.08 Å². The number of nitrogens with one attached hydrogen (secondary N) is 1. The molecule has 2 aromatic rings. The maximum atomic E-state index is 13.0. The van der Waals surface area contributed by atoms with Crippen LogP contribution >= 0.6 is 0 Å². The van der Waals surface area contributed by atoms with Crippen LogP contribution < -0.4 is 5.43 Å². The van der Waals surface area contributed by atoms with Crippen molar-refractivity contribution in [2.75, 3.05) is 13.1 Å². The first kappa shape index (κ1) is 18.0. The number of aromatic nitrogens is 2. The molecule has 4 heterocycles. The molecule has 142 valence electrons. The van der Waals surface area contributed by atoms with E-state index < -0.39 is 15.8 Å². The Hall–Kier alpha value is -2.43. The lowest BCUT2D eigenvalue weighted by molar-refractivity contribution is -0.127. The zero-order valence-corrected chi connectivity index (χ0v) is 15.8. The van der Waals surface area contributed by atoms with Crippen molar-refractivity contribution in [3.8, 4) is 0 Å². The molecule has 1 saturated heterocycles. The first-order chi connectivity index (χ1) is 12.9. The van der Waals surface area contributed by atoms with Crippen LogP contribution in [0.2, 0.25) is 0 Å². The molecular weight excluding hydrogens is 370 g/mol. The van der Waals surface area contributed by atoms with Gasteiger partial charge in [0.15, 0.2) is 16.2 Å². The average Bonchev–Trinajstić information content (AvgIpc) is 3.16. The fourth-order valence-corrected chi connectivity index (χ4v) is 5.51. The summed E-state index contributed by atoms with van der Waals surface area (Å²) in [6.45, 7) is 3.58. The minimum atomic E-state index is -3.74. The molecule has 0 saturated carbocycles. The second-order valence-corrected chi connectivity index (χ2v) is 8.63. The van der Waals surface area contributed by atoms with Gasteiger partial charge in [-0.15, -0.1) is 4.31 Å². The van der Waals surface area contributed by atoms with Crippen LogP contribution in [0.4, 0.5) is 0 Å². The van der Waals surface area contributed by atoms with Crippen LogP contribution in [0.1, 0.15) is 30.0 Å². The van der Waals surface area contributed by atoms with E-state index in [1.165, 1.54) is 4.31 Å². The molecule has 2 aromatic heterocycles. The van der Waals surface area contributed by atoms with Gasteiger partial charge in [0.05, 0.1) is 11.1 Å². The number of pyridine rings is 1. The van der Waals surface area contributed by atoms with E-state index in [0.29, 0.717) is 29.9 Å². The number of aryl methyl sites for hydroxylation is 2. The lowest BCUT2D eigenvalue weighted by Crippen LogP contribution is -2.51. The van der Waals surface area contributed by atoms with Gasteiger partial charge in [-0.25, -0.2) is 5.43 Å². The molecule has 0 aromatic carbocycles. The van der Waals surface area contributed by atoms with Crippen LogP contribution in [0.3, 0.4) is 0 Å². The molecule has 1 unspecified atom stereocenters. The predicted octanol–water partition coefficient (Wildman–Crippen LogP) is 1.21. The number of hydrogen-bond acceptors (Lipinski definition) is 7. The number of hydrogen-bond donors (Lipinski definition) is 1. The summed E-state index contributed by atoms with van der Waals surface area (Å²) in [5.74, 6) is 0.0553. The maximum absolute atomic E-state index is 13.0. The minimum Gasteiger partial charge on any atom is -0.593 e. The van der Waals surface area contributed by atoms with E-state index in [9.17, 15) is 13.6 Å². The summed E-state index contributed by atoms with van der Waals surface area (Å²) in [6.07, 6.45) is 2.30. The highest BCUT2D eigenvalue weighted by molar-refractivity contribution is 7.95. The molecule has 9 nitrogen and oxygen atoms in total. The van der Waals surface area contributed by atoms with Crippen LogP contribution in [0.15, 0.2) is 38.9 Å². The molecule has 1 atom stereocenters. The van der Waals surface area contributed by atoms with E-state index in [-0.39, 0.29) is 29.7 Å². The number of piperidine rings is 1. The Morgan fingerprint density at radius 1 is 1.30 bits per heavy atom. The lowest BCUT2D eigenvalue weighted by atomic mass is 9.73. The highest BCUT2D eigenvalue weighted by atomic mass is 32.3. The molecule has 2 aliphatic heterocycles. The van der Waals surface area contributed by atoms with Crippen LogP contribution in [0, 0.1) is 19.3 Å². The van der Waals surface area contributed by atoms with Gasteiger partial charge in [-0.3, -0.25) is 9.78 Å². The van der Waals surface area contributed by atoms with Gasteiger partial charge in [0.2, 0.25) is 4.90 Å². The molecule has 1 fully saturated rings. The Labute approximate surface area is 157 Å². The highest BCUT2D eigenvalue weighted by Crippen LogP contribution is 2.41. The molecule has 0 bridgehead atoms. The van der Waals surface area contributed by atoms with Gasteiger partial charge in [0, 0.05) is 26.2 Å². The summed E-state index contributed by atoms with van der Waals surface area (Å²) < 4.78 is 32.4. The van der Waals surface area contributed by atoms with E-state index in [2.05, 4.69) is 20.7 Å². The molecule has 10 heteroatoms. The zero-order valence-electron chi connectivity index (χ0n) is 15.0. The molecular formula is C17H19N5O4S. The van der Waals surface area contributed by atoms with Crippen molar-refractivity contribution in [2.24, 2.45) is 10.5 Å². The van der Waals surface area contributed by atoms with Gasteiger partial charge >= 0.3 is 0 Å². The fourth-order valence-electron chi connectivity index (χ4n) is 3.78. The quantitative estimate of drug-likeness (QED) is 0.787. The third-order valence-electron chi connectivity index (χ3n) is 5.21. The van der Waals surface area contributed by atoms with Crippen molar-refractivity contribution in [2.45, 2.75) is 31.6 Å². The first-order valence-corrected chi connectivity index (χ1v) is 10.0. The Morgan fingerprint density at radius 2 is 2.04 bits per heavy atom. The number of carbonyl (C=O) groups is 1. The smallest absolute Gasteiger partial charge is 0.252 e. The summed E-state index contributed by atoms with van der Waals surface area (Å²) in [5.41, 5.74) is 3.21. The van der Waals surface area contributed by atoms with E-state index in [1.807, 2.05) is 6.07 Å². The number of hydrazone groups is 1. The van der Waals surface area contributed by atoms with Gasteiger partial charge in [-0.05, 0) is 31.9 Å². The van der Waals surface area contributed by atoms with Crippen LogP contribution in [-0.4, -0.2) is 43.7 Å². The van der Waals surface area contributed by atoms with Gasteiger partial charge in [-0.2, -0.15) is 5.10 Å². The number of rotatable bonds is 3. The van der Waals surface area contributed by atoms with E-state index >= 15 is 0 Å². The van der Waals surface area contributed by atoms with Crippen LogP contribution in [-0.2, 0) is 19.4 Å². The molecule has 27 heavy (non-hydrogen) atoms.